The van der Waals surface area contributed by atoms with Gasteiger partial charge in [-0.15, -0.1) is 0 Å². The third-order valence-corrected chi connectivity index (χ3v) is 6.36. The van der Waals surface area contributed by atoms with E-state index < -0.39 is 11.0 Å². The zero-order valence-corrected chi connectivity index (χ0v) is 17.5. The minimum atomic E-state index is -1.11. The molecule has 1 aliphatic rings. The Morgan fingerprint density at radius 2 is 1.78 bits per heavy atom. The van der Waals surface area contributed by atoms with Crippen molar-refractivity contribution >= 4 is 5.97 Å². The van der Waals surface area contributed by atoms with Crippen LogP contribution < -0.4 is 0 Å². The van der Waals surface area contributed by atoms with Crippen molar-refractivity contribution in [3.8, 4) is 0 Å². The fourth-order valence-corrected chi connectivity index (χ4v) is 4.46. The van der Waals surface area contributed by atoms with Crippen molar-refractivity contribution in [2.24, 2.45) is 11.3 Å². The van der Waals surface area contributed by atoms with Gasteiger partial charge in [-0.3, -0.25) is 4.79 Å². The molecule has 1 aromatic rings. The molecule has 3 atom stereocenters. The number of aliphatic hydroxyl groups is 1. The maximum absolute atomic E-state index is 12.9. The highest BCUT2D eigenvalue weighted by atomic mass is 16.5. The highest BCUT2D eigenvalue weighted by Gasteiger charge is 2.60. The molecule has 0 saturated heterocycles. The van der Waals surface area contributed by atoms with Crippen LogP contribution in [0.3, 0.4) is 0 Å². The molecule has 1 N–H and O–H groups in total. The average molecular weight is 373 g/mol. The molecule has 0 saturated carbocycles. The van der Waals surface area contributed by atoms with E-state index in [2.05, 4.69) is 25.1 Å². The number of unbranched alkanes of at least 4 members (excludes halogenated alkanes) is 4. The van der Waals surface area contributed by atoms with E-state index in [4.69, 9.17) is 4.74 Å². The van der Waals surface area contributed by atoms with Gasteiger partial charge in [-0.2, -0.15) is 0 Å². The molecule has 3 nitrogen and oxygen atoms in total. The first-order valence-electron chi connectivity index (χ1n) is 10.5. The molecule has 1 aromatic carbocycles. The lowest BCUT2D eigenvalue weighted by Gasteiger charge is -2.43. The Morgan fingerprint density at radius 3 is 2.41 bits per heavy atom. The number of hydrogen-bond acceptors (Lipinski definition) is 3. The zero-order valence-electron chi connectivity index (χ0n) is 17.5. The van der Waals surface area contributed by atoms with Gasteiger partial charge >= 0.3 is 5.97 Å². The SMILES string of the molecule is CCCCCCC[C@@]1(O)[C@H](Cc2ccccc2)C=C(C)[C@]1(C)C(=O)OCC. The van der Waals surface area contributed by atoms with Gasteiger partial charge < -0.3 is 9.84 Å². The monoisotopic (exact) mass is 372 g/mol. The van der Waals surface area contributed by atoms with Crippen molar-refractivity contribution < 1.29 is 14.6 Å². The smallest absolute Gasteiger partial charge is 0.318 e. The van der Waals surface area contributed by atoms with Gasteiger partial charge in [0.25, 0.3) is 0 Å². The summed E-state index contributed by atoms with van der Waals surface area (Å²) in [5.41, 5.74) is 0.0283. The van der Waals surface area contributed by atoms with Gasteiger partial charge in [-0.1, -0.05) is 81.0 Å². The molecule has 0 bridgehead atoms. The third-order valence-electron chi connectivity index (χ3n) is 6.36. The summed E-state index contributed by atoms with van der Waals surface area (Å²) >= 11 is 0. The van der Waals surface area contributed by atoms with Crippen LogP contribution in [0.25, 0.3) is 0 Å². The predicted molar refractivity (Wildman–Crippen MR) is 110 cm³/mol. The Balaban J connectivity index is 2.26. The lowest BCUT2D eigenvalue weighted by Crippen LogP contribution is -2.53. The Bertz CT molecular complexity index is 636. The average Bonchev–Trinajstić information content (AvgIpc) is 2.84. The number of hydrogen-bond donors (Lipinski definition) is 1. The van der Waals surface area contributed by atoms with E-state index in [0.717, 1.165) is 24.8 Å². The summed E-state index contributed by atoms with van der Waals surface area (Å²) in [6.07, 6.45) is 9.08. The largest absolute Gasteiger partial charge is 0.465 e. The van der Waals surface area contributed by atoms with E-state index in [1.807, 2.05) is 39.0 Å². The second-order valence-electron chi connectivity index (χ2n) is 8.08. The van der Waals surface area contributed by atoms with Crippen LogP contribution in [0.4, 0.5) is 0 Å². The van der Waals surface area contributed by atoms with E-state index in [0.29, 0.717) is 13.0 Å². The summed E-state index contributed by atoms with van der Waals surface area (Å²) in [6.45, 7) is 8.18. The highest BCUT2D eigenvalue weighted by molar-refractivity contribution is 5.83. The van der Waals surface area contributed by atoms with Gasteiger partial charge in [0.2, 0.25) is 0 Å². The molecule has 150 valence electrons. The number of benzene rings is 1. The highest BCUT2D eigenvalue weighted by Crippen LogP contribution is 2.53. The van der Waals surface area contributed by atoms with Gasteiger partial charge in [0.05, 0.1) is 12.2 Å². The van der Waals surface area contributed by atoms with Crippen LogP contribution in [0.1, 0.15) is 71.8 Å². The quantitative estimate of drug-likeness (QED) is 0.337. The van der Waals surface area contributed by atoms with Crippen molar-refractivity contribution in [3.63, 3.8) is 0 Å². The van der Waals surface area contributed by atoms with E-state index in [9.17, 15) is 9.90 Å². The summed E-state index contributed by atoms with van der Waals surface area (Å²) in [5, 5.41) is 11.9. The molecule has 0 amide bonds. The molecule has 0 fully saturated rings. The Morgan fingerprint density at radius 1 is 1.11 bits per heavy atom. The van der Waals surface area contributed by atoms with Crippen molar-refractivity contribution in [2.45, 2.75) is 78.2 Å². The normalized spacial score (nSPS) is 27.4. The maximum atomic E-state index is 12.9. The molecule has 27 heavy (non-hydrogen) atoms. The van der Waals surface area contributed by atoms with Crippen LogP contribution in [-0.2, 0) is 16.0 Å². The van der Waals surface area contributed by atoms with Crippen LogP contribution in [0.15, 0.2) is 42.0 Å². The van der Waals surface area contributed by atoms with E-state index in [1.54, 1.807) is 0 Å². The van der Waals surface area contributed by atoms with Crippen LogP contribution in [0.2, 0.25) is 0 Å². The van der Waals surface area contributed by atoms with E-state index in [-0.39, 0.29) is 11.9 Å². The summed E-state index contributed by atoms with van der Waals surface area (Å²) in [7, 11) is 0. The number of rotatable bonds is 10. The number of carbonyl (C=O) groups is 1. The third kappa shape index (κ3) is 4.45. The minimum Gasteiger partial charge on any atom is -0.465 e. The van der Waals surface area contributed by atoms with Crippen LogP contribution in [0, 0.1) is 11.3 Å². The number of ether oxygens (including phenoxy) is 1. The molecular formula is C24H36O3. The molecule has 1 aliphatic carbocycles. The molecular weight excluding hydrogens is 336 g/mol. The summed E-state index contributed by atoms with van der Waals surface area (Å²) < 4.78 is 5.40. The first kappa shape index (κ1) is 21.7. The lowest BCUT2D eigenvalue weighted by atomic mass is 9.66. The Kier molecular flexibility index (Phi) is 7.67. The molecule has 0 aliphatic heterocycles. The fourth-order valence-electron chi connectivity index (χ4n) is 4.46. The topological polar surface area (TPSA) is 46.5 Å². The Labute approximate surface area is 164 Å². The lowest BCUT2D eigenvalue weighted by molar-refractivity contribution is -0.171. The van der Waals surface area contributed by atoms with E-state index in [1.165, 1.54) is 24.8 Å². The first-order valence-corrected chi connectivity index (χ1v) is 10.5. The summed E-state index contributed by atoms with van der Waals surface area (Å²) in [4.78, 5) is 12.9. The van der Waals surface area contributed by atoms with Gasteiger partial charge in [0.1, 0.15) is 5.41 Å². The first-order chi connectivity index (χ1) is 12.9. The molecule has 0 heterocycles. The minimum absolute atomic E-state index is 0.0829. The van der Waals surface area contributed by atoms with Crippen molar-refractivity contribution in [1.82, 2.24) is 0 Å². The van der Waals surface area contributed by atoms with Gasteiger partial charge in [-0.25, -0.2) is 0 Å². The maximum Gasteiger partial charge on any atom is 0.318 e. The number of esters is 1. The van der Waals surface area contributed by atoms with Crippen molar-refractivity contribution in [1.29, 1.82) is 0 Å². The van der Waals surface area contributed by atoms with Gasteiger partial charge in [-0.05, 0) is 39.2 Å². The molecule has 0 radical (unpaired) electrons. The molecule has 0 unspecified atom stereocenters. The summed E-state index contributed by atoms with van der Waals surface area (Å²) in [6, 6.07) is 10.2. The van der Waals surface area contributed by atoms with Crippen LogP contribution in [-0.4, -0.2) is 23.3 Å². The van der Waals surface area contributed by atoms with Gasteiger partial charge in [0.15, 0.2) is 0 Å². The Hall–Kier alpha value is -1.61. The molecule has 0 spiro atoms. The molecule has 2 rings (SSSR count). The standard InChI is InChI=1S/C24H36O3/c1-5-7-8-9-13-16-24(26)21(18-20-14-11-10-12-15-20)17-19(3)23(24,4)22(25)27-6-2/h10-12,14-15,17,21,26H,5-9,13,16,18H2,1-4H3/t21-,23+,24+/m0/s1. The molecule has 0 aromatic heterocycles. The van der Waals surface area contributed by atoms with Crippen molar-refractivity contribution in [3.05, 3.63) is 47.5 Å². The second kappa shape index (κ2) is 9.54. The zero-order chi connectivity index (χ0) is 19.9. The fraction of sp³-hybridized carbons (Fsp3) is 0.625. The van der Waals surface area contributed by atoms with E-state index >= 15 is 0 Å². The van der Waals surface area contributed by atoms with Gasteiger partial charge in [0, 0.05) is 5.92 Å². The van der Waals surface area contributed by atoms with Crippen LogP contribution >= 0.6 is 0 Å². The van der Waals surface area contributed by atoms with Crippen molar-refractivity contribution in [2.75, 3.05) is 6.61 Å². The predicted octanol–water partition coefficient (Wildman–Crippen LogP) is 5.47. The number of carbonyl (C=O) groups excluding carboxylic acids is 1. The second-order valence-corrected chi connectivity index (χ2v) is 8.08. The summed E-state index contributed by atoms with van der Waals surface area (Å²) in [5.74, 6) is -0.383. The molecule has 3 heteroatoms. The van der Waals surface area contributed by atoms with Crippen LogP contribution in [0.5, 0.6) is 0 Å².